The van der Waals surface area contributed by atoms with E-state index < -0.39 is 20.2 Å². The van der Waals surface area contributed by atoms with Gasteiger partial charge >= 0.3 is 0 Å². The molecule has 1 aliphatic carbocycles. The molecule has 0 spiro atoms. The van der Waals surface area contributed by atoms with Crippen LogP contribution in [-0.4, -0.2) is 93.9 Å². The zero-order chi connectivity index (χ0) is 23.8. The topological polar surface area (TPSA) is 98.3 Å². The molecule has 0 unspecified atom stereocenters. The Morgan fingerprint density at radius 3 is 2.06 bits per heavy atom. The van der Waals surface area contributed by atoms with Crippen LogP contribution in [0.15, 0.2) is 23.1 Å². The second-order valence-corrected chi connectivity index (χ2v) is 13.4. The van der Waals surface area contributed by atoms with Crippen LogP contribution in [0.1, 0.15) is 36.8 Å². The molecule has 1 amide bonds. The highest BCUT2D eigenvalue weighted by molar-refractivity contribution is 7.89. The largest absolute Gasteiger partial charge is 0.340 e. The lowest BCUT2D eigenvalue weighted by molar-refractivity contribution is -0.138. The molecule has 33 heavy (non-hydrogen) atoms. The van der Waals surface area contributed by atoms with Crippen molar-refractivity contribution >= 4 is 26.1 Å². The minimum Gasteiger partial charge on any atom is -0.340 e. The minimum absolute atomic E-state index is 0.00253. The summed E-state index contributed by atoms with van der Waals surface area (Å²) in [7, 11) is -4.05. The number of rotatable bonds is 5. The van der Waals surface area contributed by atoms with E-state index in [0.717, 1.165) is 31.2 Å². The van der Waals surface area contributed by atoms with Crippen LogP contribution in [0.4, 0.5) is 0 Å². The van der Waals surface area contributed by atoms with Gasteiger partial charge in [0.25, 0.3) is 10.2 Å². The molecular formula is C22H34N4O5S2. The SMILES string of the molecule is CN(C)S(=O)(=O)N1CCN(C(=O)C2CCN(S(=O)(=O)c3ccc4c(c3)CCCC4)CC2)CC1. The number of sulfonamides is 1. The Hall–Kier alpha value is -1.53. The van der Waals surface area contributed by atoms with Crippen molar-refractivity contribution < 1.29 is 21.6 Å². The summed E-state index contributed by atoms with van der Waals surface area (Å²) >= 11 is 0. The molecule has 184 valence electrons. The molecule has 0 radical (unpaired) electrons. The monoisotopic (exact) mass is 498 g/mol. The lowest BCUT2D eigenvalue weighted by atomic mass is 9.92. The number of benzene rings is 1. The standard InChI is InChI=1S/C22H34N4O5S2/c1-23(2)33(30,31)26-15-13-24(14-16-26)22(27)19-9-11-25(12-10-19)32(28,29)21-8-7-18-5-3-4-6-20(18)17-21/h7-8,17,19H,3-6,9-16H2,1-2H3. The van der Waals surface area contributed by atoms with E-state index >= 15 is 0 Å². The van der Waals surface area contributed by atoms with E-state index in [1.54, 1.807) is 11.0 Å². The fourth-order valence-corrected chi connectivity index (χ4v) is 7.60. The van der Waals surface area contributed by atoms with Crippen molar-refractivity contribution in [3.05, 3.63) is 29.3 Å². The van der Waals surface area contributed by atoms with Gasteiger partial charge in [-0.2, -0.15) is 21.3 Å². The van der Waals surface area contributed by atoms with Gasteiger partial charge in [0.2, 0.25) is 15.9 Å². The van der Waals surface area contributed by atoms with Gasteiger partial charge in [-0.05, 0) is 61.8 Å². The zero-order valence-electron chi connectivity index (χ0n) is 19.4. The van der Waals surface area contributed by atoms with Crippen LogP contribution in [0, 0.1) is 5.92 Å². The highest BCUT2D eigenvalue weighted by atomic mass is 32.2. The van der Waals surface area contributed by atoms with Gasteiger partial charge in [0, 0.05) is 59.3 Å². The van der Waals surface area contributed by atoms with Crippen LogP contribution in [0.25, 0.3) is 0 Å². The summed E-state index contributed by atoms with van der Waals surface area (Å²) in [5.41, 5.74) is 2.39. The predicted molar refractivity (Wildman–Crippen MR) is 125 cm³/mol. The Balaban J connectivity index is 1.34. The van der Waals surface area contributed by atoms with E-state index in [2.05, 4.69) is 0 Å². The van der Waals surface area contributed by atoms with Crippen LogP contribution >= 0.6 is 0 Å². The van der Waals surface area contributed by atoms with E-state index in [1.165, 1.54) is 32.6 Å². The van der Waals surface area contributed by atoms with Crippen LogP contribution in [0.3, 0.4) is 0 Å². The third-order valence-electron chi connectivity index (χ3n) is 7.10. The zero-order valence-corrected chi connectivity index (χ0v) is 21.1. The van der Waals surface area contributed by atoms with Crippen molar-refractivity contribution in [2.24, 2.45) is 5.92 Å². The third kappa shape index (κ3) is 4.97. The summed E-state index contributed by atoms with van der Waals surface area (Å²) < 4.78 is 55.0. The lowest BCUT2D eigenvalue weighted by Crippen LogP contribution is -2.54. The van der Waals surface area contributed by atoms with E-state index in [0.29, 0.717) is 43.9 Å². The molecule has 4 rings (SSSR count). The molecule has 3 aliphatic rings. The summed E-state index contributed by atoms with van der Waals surface area (Å²) in [6, 6.07) is 5.51. The van der Waals surface area contributed by atoms with E-state index in [4.69, 9.17) is 0 Å². The molecule has 0 N–H and O–H groups in total. The molecule has 0 saturated carbocycles. The Bertz CT molecular complexity index is 1090. The first-order valence-electron chi connectivity index (χ1n) is 11.7. The maximum atomic E-state index is 13.2. The van der Waals surface area contributed by atoms with Gasteiger partial charge in [-0.3, -0.25) is 4.79 Å². The number of piperazine rings is 1. The Kier molecular flexibility index (Phi) is 7.16. The first-order chi connectivity index (χ1) is 15.6. The van der Waals surface area contributed by atoms with Crippen LogP contribution in [-0.2, 0) is 37.9 Å². The number of aryl methyl sites for hydroxylation is 2. The van der Waals surface area contributed by atoms with Crippen LogP contribution < -0.4 is 0 Å². The van der Waals surface area contributed by atoms with Gasteiger partial charge in [0.15, 0.2) is 0 Å². The van der Waals surface area contributed by atoms with E-state index in [-0.39, 0.29) is 24.9 Å². The summed E-state index contributed by atoms with van der Waals surface area (Å²) in [6.07, 6.45) is 5.16. The lowest BCUT2D eigenvalue weighted by Gasteiger charge is -2.38. The van der Waals surface area contributed by atoms with Gasteiger partial charge in [-0.1, -0.05) is 6.07 Å². The second kappa shape index (κ2) is 9.61. The molecule has 2 saturated heterocycles. The maximum Gasteiger partial charge on any atom is 0.281 e. The van der Waals surface area contributed by atoms with Crippen molar-refractivity contribution in [3.63, 3.8) is 0 Å². The molecule has 0 aromatic heterocycles. The number of hydrogen-bond acceptors (Lipinski definition) is 5. The number of piperidine rings is 1. The molecule has 0 bridgehead atoms. The third-order valence-corrected chi connectivity index (χ3v) is 10.9. The van der Waals surface area contributed by atoms with E-state index in [1.807, 2.05) is 12.1 Å². The minimum atomic E-state index is -3.57. The predicted octanol–water partition coefficient (Wildman–Crippen LogP) is 0.917. The van der Waals surface area contributed by atoms with Crippen molar-refractivity contribution in [1.82, 2.24) is 17.8 Å². The number of carbonyl (C=O) groups is 1. The average Bonchev–Trinajstić information content (AvgIpc) is 2.83. The maximum absolute atomic E-state index is 13.2. The number of nitrogens with zero attached hydrogens (tertiary/aromatic N) is 4. The molecule has 0 atom stereocenters. The van der Waals surface area contributed by atoms with Crippen molar-refractivity contribution in [2.75, 3.05) is 53.4 Å². The highest BCUT2D eigenvalue weighted by Gasteiger charge is 2.36. The fourth-order valence-electron chi connectivity index (χ4n) is 4.99. The molecule has 11 heteroatoms. The number of amides is 1. The van der Waals surface area contributed by atoms with E-state index in [9.17, 15) is 21.6 Å². The first kappa shape index (κ1) is 24.6. The Labute approximate surface area is 197 Å². The normalized spacial score (nSPS) is 21.8. The molecular weight excluding hydrogens is 464 g/mol. The quantitative estimate of drug-likeness (QED) is 0.601. The molecule has 1 aromatic rings. The van der Waals surface area contributed by atoms with Crippen molar-refractivity contribution in [1.29, 1.82) is 0 Å². The fraction of sp³-hybridized carbons (Fsp3) is 0.682. The number of carbonyl (C=O) groups excluding carboxylic acids is 1. The highest BCUT2D eigenvalue weighted by Crippen LogP contribution is 2.29. The summed E-state index contributed by atoms with van der Waals surface area (Å²) in [5.74, 6) is -0.222. The van der Waals surface area contributed by atoms with Gasteiger partial charge < -0.3 is 4.90 Å². The van der Waals surface area contributed by atoms with Gasteiger partial charge in [0.1, 0.15) is 0 Å². The van der Waals surface area contributed by atoms with Crippen LogP contribution in [0.5, 0.6) is 0 Å². The van der Waals surface area contributed by atoms with Crippen molar-refractivity contribution in [3.8, 4) is 0 Å². The summed E-state index contributed by atoms with van der Waals surface area (Å²) in [5, 5.41) is 0. The second-order valence-electron chi connectivity index (χ2n) is 9.33. The van der Waals surface area contributed by atoms with Gasteiger partial charge in [-0.15, -0.1) is 0 Å². The Morgan fingerprint density at radius 1 is 0.848 bits per heavy atom. The summed E-state index contributed by atoms with van der Waals surface area (Å²) in [4.78, 5) is 15.1. The number of hydrogen-bond donors (Lipinski definition) is 0. The first-order valence-corrected chi connectivity index (χ1v) is 14.5. The smallest absolute Gasteiger partial charge is 0.281 e. The molecule has 2 aliphatic heterocycles. The summed E-state index contributed by atoms with van der Waals surface area (Å²) in [6.45, 7) is 1.92. The average molecular weight is 499 g/mol. The van der Waals surface area contributed by atoms with Gasteiger partial charge in [0.05, 0.1) is 4.90 Å². The van der Waals surface area contributed by atoms with Crippen LogP contribution in [0.2, 0.25) is 0 Å². The van der Waals surface area contributed by atoms with Gasteiger partial charge in [-0.25, -0.2) is 8.42 Å². The Morgan fingerprint density at radius 2 is 1.45 bits per heavy atom. The molecule has 2 heterocycles. The number of fused-ring (bicyclic) bond motifs is 1. The molecule has 9 nitrogen and oxygen atoms in total. The molecule has 1 aromatic carbocycles. The van der Waals surface area contributed by atoms with Crippen molar-refractivity contribution in [2.45, 2.75) is 43.4 Å². The molecule has 2 fully saturated rings.